The van der Waals surface area contributed by atoms with Crippen LogP contribution in [0.4, 0.5) is 0 Å². The van der Waals surface area contributed by atoms with E-state index < -0.39 is 16.1 Å². The van der Waals surface area contributed by atoms with Crippen LogP contribution in [0.15, 0.2) is 97.1 Å². The van der Waals surface area contributed by atoms with Crippen LogP contribution in [0.3, 0.4) is 0 Å². The standard InChI is InChI=1S/2C16H17Si.Co/c2*1-17(2,3)16-14-10-6-4-8-12(14)13-9-5-7-11-15(13)16;/h2*4-11H,1-3H3;/q-5;-1;. The summed E-state index contributed by atoms with van der Waals surface area (Å²) < 4.78 is 0. The Morgan fingerprint density at radius 3 is 1.20 bits per heavy atom. The van der Waals surface area contributed by atoms with Crippen molar-refractivity contribution in [2.45, 2.75) is 39.3 Å². The molecule has 0 heterocycles. The number of hydrogen-bond acceptors (Lipinski definition) is 0. The third kappa shape index (κ3) is 4.58. The van der Waals surface area contributed by atoms with E-state index in [1.54, 1.807) is 10.4 Å². The largest absolute Gasteiger partial charge is 0.562 e. The van der Waals surface area contributed by atoms with Crippen molar-refractivity contribution in [2.24, 2.45) is 0 Å². The second-order valence-corrected chi connectivity index (χ2v) is 21.4. The zero-order valence-corrected chi connectivity index (χ0v) is 24.6. The van der Waals surface area contributed by atoms with E-state index in [0.717, 1.165) is 0 Å². The van der Waals surface area contributed by atoms with Crippen LogP contribution in [0, 0.1) is 0 Å². The number of hydrogen-bond donors (Lipinski definition) is 0. The van der Waals surface area contributed by atoms with Crippen molar-refractivity contribution in [2.75, 3.05) is 0 Å². The molecule has 185 valence electrons. The molecule has 3 heteroatoms. The summed E-state index contributed by atoms with van der Waals surface area (Å²) in [5.74, 6) is 0. The topological polar surface area (TPSA) is 0 Å². The van der Waals surface area contributed by atoms with Crippen LogP contribution in [-0.2, 0) is 16.8 Å². The second-order valence-electron chi connectivity index (χ2n) is 11.4. The molecule has 6 aromatic carbocycles. The van der Waals surface area contributed by atoms with Crippen LogP contribution in [0.1, 0.15) is 0 Å². The van der Waals surface area contributed by atoms with Crippen molar-refractivity contribution in [3.8, 4) is 0 Å². The minimum atomic E-state index is -1.31. The molecule has 6 aromatic rings. The first-order valence-corrected chi connectivity index (χ1v) is 19.3. The molecule has 0 saturated heterocycles. The minimum absolute atomic E-state index is 0. The summed E-state index contributed by atoms with van der Waals surface area (Å²) in [4.78, 5) is 0. The summed E-state index contributed by atoms with van der Waals surface area (Å²) in [6.45, 7) is 14.6. The van der Waals surface area contributed by atoms with Gasteiger partial charge in [0, 0.05) is 24.9 Å². The molecule has 0 bridgehead atoms. The average molecular weight is 534 g/mol. The molecule has 0 aliphatic rings. The molecule has 35 heavy (non-hydrogen) atoms. The zero-order chi connectivity index (χ0) is 24.1. The summed E-state index contributed by atoms with van der Waals surface area (Å²) in [5.41, 5.74) is 0. The quantitative estimate of drug-likeness (QED) is 0.155. The van der Waals surface area contributed by atoms with Crippen molar-refractivity contribution in [1.29, 1.82) is 0 Å². The first-order chi connectivity index (χ1) is 16.2. The molecule has 0 aromatic heterocycles. The van der Waals surface area contributed by atoms with Gasteiger partial charge in [0.25, 0.3) is 0 Å². The minimum Gasteiger partial charge on any atom is -0.562 e. The van der Waals surface area contributed by atoms with Crippen molar-refractivity contribution >= 4 is 69.6 Å². The van der Waals surface area contributed by atoms with E-state index in [-0.39, 0.29) is 16.8 Å². The van der Waals surface area contributed by atoms with Gasteiger partial charge >= 0.3 is 0 Å². The van der Waals surface area contributed by atoms with Crippen LogP contribution in [0.2, 0.25) is 39.3 Å². The molecule has 0 fully saturated rings. The molecule has 0 unspecified atom stereocenters. The molecular weight excluding hydrogens is 499 g/mol. The van der Waals surface area contributed by atoms with E-state index in [1.807, 2.05) is 0 Å². The number of benzene rings is 4. The molecule has 0 aliphatic heterocycles. The second kappa shape index (κ2) is 9.55. The summed E-state index contributed by atoms with van der Waals surface area (Å²) in [6, 6.07) is 35.3. The Balaban J connectivity index is 0.000000160. The molecule has 6 rings (SSSR count). The van der Waals surface area contributed by atoms with Gasteiger partial charge in [-0.25, -0.2) is 0 Å². The van der Waals surface area contributed by atoms with Crippen molar-refractivity contribution < 1.29 is 16.8 Å². The van der Waals surface area contributed by atoms with Gasteiger partial charge in [-0.3, -0.25) is 0 Å². The molecule has 0 amide bonds. The van der Waals surface area contributed by atoms with Gasteiger partial charge in [-0.1, -0.05) is 83.8 Å². The first-order valence-electron chi connectivity index (χ1n) is 12.3. The maximum Gasteiger partial charge on any atom is 0.0380 e. The van der Waals surface area contributed by atoms with Gasteiger partial charge in [0.1, 0.15) is 0 Å². The van der Waals surface area contributed by atoms with Crippen LogP contribution >= 0.6 is 0 Å². The van der Waals surface area contributed by atoms with Gasteiger partial charge in [0.15, 0.2) is 0 Å². The molecule has 0 spiro atoms. The fourth-order valence-corrected chi connectivity index (χ4v) is 9.75. The van der Waals surface area contributed by atoms with Gasteiger partial charge < -0.3 is 57.1 Å². The maximum absolute atomic E-state index is 2.43. The molecule has 0 atom stereocenters. The molecule has 1 radical (unpaired) electrons. The summed E-state index contributed by atoms with van der Waals surface area (Å²) in [6.07, 6.45) is 0. The van der Waals surface area contributed by atoms with Crippen LogP contribution in [0.5, 0.6) is 0 Å². The molecule has 0 saturated carbocycles. The van der Waals surface area contributed by atoms with Gasteiger partial charge in [-0.05, 0) is 0 Å². The third-order valence-corrected chi connectivity index (χ3v) is 10.9. The van der Waals surface area contributed by atoms with Crippen molar-refractivity contribution in [1.82, 2.24) is 0 Å². The summed E-state index contributed by atoms with van der Waals surface area (Å²) in [5, 5.41) is 14.8. The van der Waals surface area contributed by atoms with Crippen molar-refractivity contribution in [3.63, 3.8) is 0 Å². The average Bonchev–Trinajstić information content (AvgIpc) is 3.32. The fourth-order valence-electron chi connectivity index (χ4n) is 5.65. The van der Waals surface area contributed by atoms with E-state index in [4.69, 9.17) is 0 Å². The summed E-state index contributed by atoms with van der Waals surface area (Å²) in [7, 11) is -2.62. The molecule has 0 N–H and O–H groups in total. The van der Waals surface area contributed by atoms with E-state index in [2.05, 4.69) is 136 Å². The maximum atomic E-state index is 2.43. The normalized spacial score (nSPS) is 12.1. The number of fused-ring (bicyclic) bond motifs is 6. The van der Waals surface area contributed by atoms with Gasteiger partial charge in [-0.15, -0.1) is 44.9 Å². The SMILES string of the molecule is C[Si](C)(C)[c-]1[c-]2cccc[c-]2[c-]2cccc[c-]12.C[Si](C)(C)[c-]1c2ccccc2c2ccccc21.[Co]. The molecule has 0 aliphatic carbocycles. The summed E-state index contributed by atoms with van der Waals surface area (Å²) >= 11 is 0. The van der Waals surface area contributed by atoms with Crippen LogP contribution in [-0.4, -0.2) is 16.1 Å². The Labute approximate surface area is 221 Å². The Hall–Kier alpha value is -2.44. The predicted molar refractivity (Wildman–Crippen MR) is 160 cm³/mol. The Morgan fingerprint density at radius 2 is 0.829 bits per heavy atom. The third-order valence-electron chi connectivity index (χ3n) is 6.87. The monoisotopic (exact) mass is 533 g/mol. The van der Waals surface area contributed by atoms with E-state index >= 15 is 0 Å². The van der Waals surface area contributed by atoms with E-state index in [1.165, 1.54) is 43.1 Å². The zero-order valence-electron chi connectivity index (χ0n) is 21.6. The Kier molecular flexibility index (Phi) is 7.00. The van der Waals surface area contributed by atoms with Crippen LogP contribution < -0.4 is 10.4 Å². The first kappa shape index (κ1) is 25.6. The fraction of sp³-hybridized carbons (Fsp3) is 0.188. The van der Waals surface area contributed by atoms with Gasteiger partial charge in [0.05, 0.1) is 0 Å². The Morgan fingerprint density at radius 1 is 0.457 bits per heavy atom. The Bertz CT molecular complexity index is 1390. The molecular formula is C32H34CoSi2-6. The van der Waals surface area contributed by atoms with Gasteiger partial charge in [0.2, 0.25) is 0 Å². The smallest absolute Gasteiger partial charge is 0.0380 e. The van der Waals surface area contributed by atoms with Crippen molar-refractivity contribution in [3.05, 3.63) is 97.1 Å². The van der Waals surface area contributed by atoms with Crippen LogP contribution in [0.25, 0.3) is 43.1 Å². The molecule has 0 nitrogen and oxygen atoms in total. The van der Waals surface area contributed by atoms with Gasteiger partial charge in [-0.2, -0.15) is 12.1 Å². The predicted octanol–water partition coefficient (Wildman–Crippen LogP) is 8.51. The van der Waals surface area contributed by atoms with E-state index in [9.17, 15) is 0 Å². The van der Waals surface area contributed by atoms with E-state index in [0.29, 0.717) is 0 Å². The number of rotatable bonds is 2.